The number of aromatic amines is 1. The smallest absolute Gasteiger partial charge is 0.337 e. The molecule has 0 fully saturated rings. The Morgan fingerprint density at radius 3 is 2.85 bits per heavy atom. The Kier molecular flexibility index (Phi) is 3.16. The van der Waals surface area contributed by atoms with E-state index in [1.807, 2.05) is 24.4 Å². The number of benzene rings is 1. The molecule has 3 rings (SSSR count). The molecule has 100 valence electrons. The van der Waals surface area contributed by atoms with Gasteiger partial charge in [-0.3, -0.25) is 4.98 Å². The summed E-state index contributed by atoms with van der Waals surface area (Å²) in [6.45, 7) is 0. The summed E-state index contributed by atoms with van der Waals surface area (Å²) in [4.78, 5) is 22.8. The van der Waals surface area contributed by atoms with Crippen molar-refractivity contribution >= 4 is 17.0 Å². The topological polar surface area (TPSA) is 78.9 Å². The summed E-state index contributed by atoms with van der Waals surface area (Å²) in [5.41, 5.74) is 2.63. The average molecular weight is 267 g/mol. The van der Waals surface area contributed by atoms with Crippen LogP contribution in [-0.2, 0) is 12.8 Å². The van der Waals surface area contributed by atoms with Crippen molar-refractivity contribution < 1.29 is 9.90 Å². The summed E-state index contributed by atoms with van der Waals surface area (Å²) in [7, 11) is 0. The fourth-order valence-electron chi connectivity index (χ4n) is 2.18. The largest absolute Gasteiger partial charge is 0.478 e. The number of hydrogen-bond acceptors (Lipinski definition) is 3. The molecule has 0 aliphatic rings. The van der Waals surface area contributed by atoms with Gasteiger partial charge < -0.3 is 10.1 Å². The normalized spacial score (nSPS) is 10.8. The summed E-state index contributed by atoms with van der Waals surface area (Å²) >= 11 is 0. The van der Waals surface area contributed by atoms with Gasteiger partial charge in [-0.05, 0) is 30.2 Å². The van der Waals surface area contributed by atoms with Crippen LogP contribution in [-0.4, -0.2) is 26.0 Å². The first-order valence-corrected chi connectivity index (χ1v) is 6.34. The van der Waals surface area contributed by atoms with Gasteiger partial charge in [-0.2, -0.15) is 0 Å². The number of aromatic nitrogens is 3. The maximum Gasteiger partial charge on any atom is 0.337 e. The molecule has 0 atom stereocenters. The molecule has 0 amide bonds. The van der Waals surface area contributed by atoms with Gasteiger partial charge in [0, 0.05) is 18.8 Å². The zero-order valence-corrected chi connectivity index (χ0v) is 10.7. The number of aromatic carboxylic acids is 1. The highest BCUT2D eigenvalue weighted by molar-refractivity contribution is 6.00. The third-order valence-corrected chi connectivity index (χ3v) is 3.17. The fraction of sp³-hybridized carbons (Fsp3) is 0.133. The number of rotatable bonds is 4. The molecule has 1 aromatic carbocycles. The van der Waals surface area contributed by atoms with Crippen LogP contribution in [0.2, 0.25) is 0 Å². The van der Waals surface area contributed by atoms with Gasteiger partial charge in [-0.15, -0.1) is 0 Å². The van der Waals surface area contributed by atoms with Crippen LogP contribution in [0.1, 0.15) is 21.7 Å². The van der Waals surface area contributed by atoms with Gasteiger partial charge in [0.05, 0.1) is 11.1 Å². The number of para-hydroxylation sites is 1. The summed E-state index contributed by atoms with van der Waals surface area (Å²) in [6.07, 6.45) is 5.10. The predicted octanol–water partition coefficient (Wildman–Crippen LogP) is 2.44. The van der Waals surface area contributed by atoms with E-state index in [4.69, 9.17) is 5.11 Å². The lowest BCUT2D eigenvalue weighted by molar-refractivity contribution is 0.0699. The number of fused-ring (bicyclic) bond motifs is 1. The quantitative estimate of drug-likeness (QED) is 0.761. The molecule has 0 saturated heterocycles. The average Bonchev–Trinajstić information content (AvgIpc) is 2.88. The zero-order valence-electron chi connectivity index (χ0n) is 10.7. The van der Waals surface area contributed by atoms with E-state index in [2.05, 4.69) is 15.0 Å². The van der Waals surface area contributed by atoms with Gasteiger partial charge in [-0.25, -0.2) is 9.78 Å². The van der Waals surface area contributed by atoms with Crippen molar-refractivity contribution in [1.29, 1.82) is 0 Å². The Morgan fingerprint density at radius 1 is 1.20 bits per heavy atom. The van der Waals surface area contributed by atoms with Crippen molar-refractivity contribution in [2.75, 3.05) is 0 Å². The minimum atomic E-state index is -0.957. The maximum absolute atomic E-state index is 11.1. The lowest BCUT2D eigenvalue weighted by atomic mass is 10.1. The van der Waals surface area contributed by atoms with Gasteiger partial charge >= 0.3 is 5.97 Å². The molecule has 0 spiro atoms. The summed E-state index contributed by atoms with van der Waals surface area (Å²) in [5.74, 6) is -0.168. The van der Waals surface area contributed by atoms with Gasteiger partial charge in [0.25, 0.3) is 0 Å². The van der Waals surface area contributed by atoms with Crippen molar-refractivity contribution in [3.63, 3.8) is 0 Å². The first-order valence-electron chi connectivity index (χ1n) is 6.34. The van der Waals surface area contributed by atoms with E-state index >= 15 is 0 Å². The first-order chi connectivity index (χ1) is 9.74. The number of carbonyl (C=O) groups is 1. The minimum absolute atomic E-state index is 0.228. The molecule has 0 bridgehead atoms. The molecule has 3 aromatic rings. The molecular formula is C15H13N3O2. The van der Waals surface area contributed by atoms with E-state index in [0.29, 0.717) is 5.52 Å². The highest BCUT2D eigenvalue weighted by Gasteiger charge is 2.12. The molecule has 0 radical (unpaired) electrons. The van der Waals surface area contributed by atoms with Crippen LogP contribution in [0, 0.1) is 0 Å². The number of pyridine rings is 1. The second-order valence-electron chi connectivity index (χ2n) is 4.55. The second kappa shape index (κ2) is 5.13. The Balaban J connectivity index is 1.86. The fourth-order valence-corrected chi connectivity index (χ4v) is 2.18. The Labute approximate surface area is 115 Å². The van der Waals surface area contributed by atoms with Crippen LogP contribution in [0.3, 0.4) is 0 Å². The number of nitrogens with zero attached hydrogens (tertiary/aromatic N) is 2. The molecule has 2 aromatic heterocycles. The van der Waals surface area contributed by atoms with Crippen molar-refractivity contribution in [2.45, 2.75) is 12.8 Å². The van der Waals surface area contributed by atoms with Gasteiger partial charge in [0.15, 0.2) is 0 Å². The lowest BCUT2D eigenvalue weighted by Crippen LogP contribution is -1.97. The van der Waals surface area contributed by atoms with Crippen LogP contribution in [0.5, 0.6) is 0 Å². The monoisotopic (exact) mass is 267 g/mol. The number of imidazole rings is 1. The van der Waals surface area contributed by atoms with Crippen LogP contribution in [0.15, 0.2) is 42.7 Å². The number of nitrogens with one attached hydrogen (secondary N) is 1. The molecule has 0 saturated carbocycles. The van der Waals surface area contributed by atoms with Crippen molar-refractivity contribution in [3.8, 4) is 0 Å². The van der Waals surface area contributed by atoms with E-state index < -0.39 is 5.97 Å². The Hall–Kier alpha value is -2.69. The molecule has 0 unspecified atom stereocenters. The van der Waals surface area contributed by atoms with Crippen molar-refractivity contribution in [3.05, 3.63) is 59.7 Å². The van der Waals surface area contributed by atoms with E-state index in [1.165, 1.54) is 0 Å². The van der Waals surface area contributed by atoms with E-state index in [-0.39, 0.29) is 5.56 Å². The zero-order chi connectivity index (χ0) is 13.9. The summed E-state index contributed by atoms with van der Waals surface area (Å²) in [6, 6.07) is 9.03. The second-order valence-corrected chi connectivity index (χ2v) is 4.55. The van der Waals surface area contributed by atoms with Gasteiger partial charge in [-0.1, -0.05) is 12.1 Å². The van der Waals surface area contributed by atoms with E-state index in [0.717, 1.165) is 29.7 Å². The predicted molar refractivity (Wildman–Crippen MR) is 74.7 cm³/mol. The number of hydrogen-bond donors (Lipinski definition) is 2. The van der Waals surface area contributed by atoms with Gasteiger partial charge in [0.2, 0.25) is 0 Å². The molecular weight excluding hydrogens is 254 g/mol. The standard InChI is InChI=1S/C15H13N3O2/c19-15(20)11-4-1-5-12-14(11)18-13(17-12)7-6-10-3-2-8-16-9-10/h1-5,8-9H,6-7H2,(H,17,18)(H,19,20). The van der Waals surface area contributed by atoms with Crippen molar-refractivity contribution in [2.24, 2.45) is 0 Å². The van der Waals surface area contributed by atoms with Gasteiger partial charge in [0.1, 0.15) is 11.3 Å². The van der Waals surface area contributed by atoms with Crippen LogP contribution in [0.25, 0.3) is 11.0 Å². The number of carboxylic acid groups (broad SMARTS) is 1. The molecule has 2 N–H and O–H groups in total. The summed E-state index contributed by atoms with van der Waals surface area (Å²) in [5, 5.41) is 9.14. The molecule has 5 nitrogen and oxygen atoms in total. The van der Waals surface area contributed by atoms with E-state index in [9.17, 15) is 4.79 Å². The molecule has 2 heterocycles. The Bertz CT molecular complexity index is 750. The lowest BCUT2D eigenvalue weighted by Gasteiger charge is -1.97. The summed E-state index contributed by atoms with van der Waals surface area (Å²) < 4.78 is 0. The molecule has 20 heavy (non-hydrogen) atoms. The number of aryl methyl sites for hydroxylation is 2. The molecule has 0 aliphatic heterocycles. The van der Waals surface area contributed by atoms with Crippen LogP contribution in [0.4, 0.5) is 0 Å². The number of H-pyrrole nitrogens is 1. The Morgan fingerprint density at radius 2 is 2.10 bits per heavy atom. The third-order valence-electron chi connectivity index (χ3n) is 3.17. The van der Waals surface area contributed by atoms with E-state index in [1.54, 1.807) is 18.3 Å². The molecule has 5 heteroatoms. The van der Waals surface area contributed by atoms with Crippen LogP contribution >= 0.6 is 0 Å². The highest BCUT2D eigenvalue weighted by Crippen LogP contribution is 2.17. The van der Waals surface area contributed by atoms with Crippen LogP contribution < -0.4 is 0 Å². The third kappa shape index (κ3) is 2.38. The molecule has 0 aliphatic carbocycles. The maximum atomic E-state index is 11.1. The first kappa shape index (κ1) is 12.3. The minimum Gasteiger partial charge on any atom is -0.478 e. The van der Waals surface area contributed by atoms with Crippen molar-refractivity contribution in [1.82, 2.24) is 15.0 Å². The number of carboxylic acids is 1. The SMILES string of the molecule is O=C(O)c1cccc2[nH]c(CCc3cccnc3)nc12. The highest BCUT2D eigenvalue weighted by atomic mass is 16.4.